The van der Waals surface area contributed by atoms with Gasteiger partial charge in [0.1, 0.15) is 12.2 Å². The van der Waals surface area contributed by atoms with E-state index >= 15 is 0 Å². The Bertz CT molecular complexity index is 1830. The molecule has 2 amide bonds. The maximum atomic E-state index is 13.7. The van der Waals surface area contributed by atoms with Crippen LogP contribution in [0.4, 0.5) is 5.69 Å². The second-order valence-electron chi connectivity index (χ2n) is 9.98. The topological polar surface area (TPSA) is 81.3 Å². The van der Waals surface area contributed by atoms with Gasteiger partial charge in [-0.2, -0.15) is 0 Å². The van der Waals surface area contributed by atoms with E-state index in [1.54, 1.807) is 23.6 Å². The summed E-state index contributed by atoms with van der Waals surface area (Å²) in [5.74, 6) is -0.630. The van der Waals surface area contributed by atoms with Crippen molar-refractivity contribution in [3.63, 3.8) is 0 Å². The molecule has 3 aromatic carbocycles. The quantitative estimate of drug-likeness (QED) is 0.372. The molecule has 0 spiro atoms. The third-order valence-corrected chi connectivity index (χ3v) is 7.91. The Morgan fingerprint density at radius 3 is 2.28 bits per heavy atom. The number of anilines is 1. The molecule has 0 unspecified atom stereocenters. The van der Waals surface area contributed by atoms with Gasteiger partial charge >= 0.3 is 0 Å². The first-order chi connectivity index (χ1) is 18.8. The standard InChI is InChI=1S/C31H29N5O3/c1-19-27(24-16-10-11-17-25(24)33(19)3)29-22-14-8-9-15-23(22)30(38)35(29)18-26(37)32-28-20(2)34(4)36(31(28)39)21-12-6-5-7-13-21/h5-17,29H,18H2,1-4H3,(H,32,37)/t29-/m1/s1. The van der Waals surface area contributed by atoms with Crippen molar-refractivity contribution in [2.45, 2.75) is 19.9 Å². The van der Waals surface area contributed by atoms with Crippen LogP contribution in [0.3, 0.4) is 0 Å². The lowest BCUT2D eigenvalue weighted by molar-refractivity contribution is -0.117. The minimum atomic E-state index is -0.427. The summed E-state index contributed by atoms with van der Waals surface area (Å²) in [6.45, 7) is 3.63. The molecule has 8 heteroatoms. The van der Waals surface area contributed by atoms with Crippen LogP contribution in [0.15, 0.2) is 83.7 Å². The van der Waals surface area contributed by atoms with Gasteiger partial charge in [0.25, 0.3) is 11.5 Å². The maximum Gasteiger partial charge on any atom is 0.295 e. The van der Waals surface area contributed by atoms with Gasteiger partial charge in [-0.1, -0.05) is 54.6 Å². The Labute approximate surface area is 225 Å². The van der Waals surface area contributed by atoms with E-state index in [-0.39, 0.29) is 23.7 Å². The zero-order chi connectivity index (χ0) is 27.4. The first kappa shape index (κ1) is 24.5. The van der Waals surface area contributed by atoms with E-state index in [1.165, 1.54) is 4.68 Å². The molecule has 8 nitrogen and oxygen atoms in total. The second kappa shape index (κ2) is 9.16. The lowest BCUT2D eigenvalue weighted by Gasteiger charge is -2.26. The predicted molar refractivity (Wildman–Crippen MR) is 151 cm³/mol. The van der Waals surface area contributed by atoms with Crippen LogP contribution in [0.5, 0.6) is 0 Å². The van der Waals surface area contributed by atoms with Crippen LogP contribution in [0.1, 0.15) is 38.9 Å². The van der Waals surface area contributed by atoms with Crippen molar-refractivity contribution in [3.8, 4) is 5.69 Å². The molecule has 1 aliphatic rings. The molecule has 5 aromatic rings. The van der Waals surface area contributed by atoms with Crippen LogP contribution in [0, 0.1) is 13.8 Å². The molecule has 1 atom stereocenters. The van der Waals surface area contributed by atoms with E-state index in [1.807, 2.05) is 80.7 Å². The summed E-state index contributed by atoms with van der Waals surface area (Å²) in [7, 11) is 3.79. The Kier molecular flexibility index (Phi) is 5.75. The number of hydrogen-bond donors (Lipinski definition) is 1. The first-order valence-electron chi connectivity index (χ1n) is 12.9. The smallest absolute Gasteiger partial charge is 0.295 e. The first-order valence-corrected chi connectivity index (χ1v) is 12.9. The Hall–Kier alpha value is -4.85. The summed E-state index contributed by atoms with van der Waals surface area (Å²) in [6.07, 6.45) is 0. The molecule has 0 bridgehead atoms. The lowest BCUT2D eigenvalue weighted by atomic mass is 9.95. The van der Waals surface area contributed by atoms with Crippen molar-refractivity contribution in [3.05, 3.63) is 117 Å². The highest BCUT2D eigenvalue weighted by atomic mass is 16.2. The minimum Gasteiger partial charge on any atom is -0.348 e. The van der Waals surface area contributed by atoms with E-state index in [9.17, 15) is 14.4 Å². The molecule has 1 N–H and O–H groups in total. The number of amides is 2. The number of nitrogens with one attached hydrogen (secondary N) is 1. The van der Waals surface area contributed by atoms with E-state index < -0.39 is 11.9 Å². The van der Waals surface area contributed by atoms with E-state index in [0.29, 0.717) is 16.9 Å². The minimum absolute atomic E-state index is 0.194. The summed E-state index contributed by atoms with van der Waals surface area (Å²) in [6, 6.07) is 24.5. The number of aromatic nitrogens is 3. The van der Waals surface area contributed by atoms with Crippen molar-refractivity contribution in [1.29, 1.82) is 0 Å². The highest BCUT2D eigenvalue weighted by molar-refractivity contribution is 6.04. The van der Waals surface area contributed by atoms with Gasteiger partial charge in [0.05, 0.1) is 17.4 Å². The van der Waals surface area contributed by atoms with Crippen LogP contribution in [0.2, 0.25) is 0 Å². The fraction of sp³-hybridized carbons (Fsp3) is 0.194. The summed E-state index contributed by atoms with van der Waals surface area (Å²) in [5, 5.41) is 3.86. The van der Waals surface area contributed by atoms with Crippen LogP contribution in [0.25, 0.3) is 16.6 Å². The highest BCUT2D eigenvalue weighted by Crippen LogP contribution is 2.43. The molecule has 0 aliphatic carbocycles. The number of nitrogens with zero attached hydrogens (tertiary/aromatic N) is 4. The van der Waals surface area contributed by atoms with Crippen molar-refractivity contribution in [1.82, 2.24) is 18.8 Å². The van der Waals surface area contributed by atoms with Crippen molar-refractivity contribution in [2.24, 2.45) is 14.1 Å². The van der Waals surface area contributed by atoms with E-state index in [2.05, 4.69) is 22.0 Å². The van der Waals surface area contributed by atoms with Crippen LogP contribution >= 0.6 is 0 Å². The molecular formula is C31H29N5O3. The molecule has 6 rings (SSSR count). The molecular weight excluding hydrogens is 490 g/mol. The molecule has 39 heavy (non-hydrogen) atoms. The van der Waals surface area contributed by atoms with E-state index in [0.717, 1.165) is 27.7 Å². The highest BCUT2D eigenvalue weighted by Gasteiger charge is 2.40. The number of carbonyl (C=O) groups is 2. The lowest BCUT2D eigenvalue weighted by Crippen LogP contribution is -2.37. The third kappa shape index (κ3) is 3.71. The molecule has 0 fully saturated rings. The van der Waals surface area contributed by atoms with Gasteiger partial charge in [-0.25, -0.2) is 4.68 Å². The van der Waals surface area contributed by atoms with E-state index in [4.69, 9.17) is 0 Å². The van der Waals surface area contributed by atoms with Crippen molar-refractivity contribution in [2.75, 3.05) is 11.9 Å². The molecule has 0 saturated carbocycles. The fourth-order valence-electron chi connectivity index (χ4n) is 5.79. The molecule has 3 heterocycles. The zero-order valence-electron chi connectivity index (χ0n) is 22.3. The molecule has 1 aliphatic heterocycles. The zero-order valence-corrected chi connectivity index (χ0v) is 22.3. The second-order valence-corrected chi connectivity index (χ2v) is 9.98. The van der Waals surface area contributed by atoms with Gasteiger partial charge in [-0.3, -0.25) is 19.1 Å². The number of benzene rings is 3. The number of aryl methyl sites for hydroxylation is 1. The number of carbonyl (C=O) groups excluding carboxylic acids is 2. The molecule has 2 aromatic heterocycles. The maximum absolute atomic E-state index is 13.7. The average Bonchev–Trinajstić information content (AvgIpc) is 3.45. The van der Waals surface area contributed by atoms with Crippen LogP contribution < -0.4 is 10.9 Å². The van der Waals surface area contributed by atoms with Crippen molar-refractivity contribution < 1.29 is 9.59 Å². The number of para-hydroxylation sites is 2. The van der Waals surface area contributed by atoms with Crippen LogP contribution in [-0.2, 0) is 18.9 Å². The summed E-state index contributed by atoms with van der Waals surface area (Å²) < 4.78 is 5.35. The summed E-state index contributed by atoms with van der Waals surface area (Å²) in [4.78, 5) is 42.1. The number of rotatable bonds is 5. The normalized spacial score (nSPS) is 14.7. The predicted octanol–water partition coefficient (Wildman–Crippen LogP) is 4.47. The van der Waals surface area contributed by atoms with Gasteiger partial charge < -0.3 is 14.8 Å². The van der Waals surface area contributed by atoms with Gasteiger partial charge in [0.15, 0.2) is 0 Å². The Morgan fingerprint density at radius 1 is 0.846 bits per heavy atom. The number of hydrogen-bond acceptors (Lipinski definition) is 3. The monoisotopic (exact) mass is 519 g/mol. The summed E-state index contributed by atoms with van der Waals surface area (Å²) in [5.41, 5.74) is 5.75. The van der Waals surface area contributed by atoms with Crippen molar-refractivity contribution >= 4 is 28.4 Å². The fourth-order valence-corrected chi connectivity index (χ4v) is 5.79. The molecule has 0 saturated heterocycles. The Morgan fingerprint density at radius 2 is 1.51 bits per heavy atom. The van der Waals surface area contributed by atoms with Gasteiger partial charge in [-0.15, -0.1) is 0 Å². The number of fused-ring (bicyclic) bond motifs is 2. The third-order valence-electron chi connectivity index (χ3n) is 7.91. The van der Waals surface area contributed by atoms with Crippen LogP contribution in [-0.4, -0.2) is 37.2 Å². The summed E-state index contributed by atoms with van der Waals surface area (Å²) >= 11 is 0. The van der Waals surface area contributed by atoms with Gasteiger partial charge in [0, 0.05) is 41.8 Å². The van der Waals surface area contributed by atoms with Gasteiger partial charge in [0.2, 0.25) is 5.91 Å². The average molecular weight is 520 g/mol. The molecule has 0 radical (unpaired) electrons. The SMILES string of the molecule is Cc1c([C@H]2c3ccccc3C(=O)N2CC(=O)Nc2c(C)n(C)n(-c3ccccc3)c2=O)c2ccccc2n1C. The Balaban J connectivity index is 1.38. The largest absolute Gasteiger partial charge is 0.348 e. The molecule has 196 valence electrons. The van der Waals surface area contributed by atoms with Gasteiger partial charge in [-0.05, 0) is 43.7 Å².